The Bertz CT molecular complexity index is 769. The van der Waals surface area contributed by atoms with E-state index in [1.165, 1.54) is 49.9 Å². The molecule has 0 bridgehead atoms. The quantitative estimate of drug-likeness (QED) is 0.877. The van der Waals surface area contributed by atoms with Crippen LogP contribution in [0.25, 0.3) is 0 Å². The molecule has 3 aliphatic rings. The Kier molecular flexibility index (Phi) is 4.76. The first-order valence-corrected chi connectivity index (χ1v) is 10.6. The molecule has 0 aromatic heterocycles. The molecule has 2 aliphatic heterocycles. The molecular formula is C24H31N3. The molecule has 0 saturated carbocycles. The lowest BCUT2D eigenvalue weighted by Crippen LogP contribution is -2.47. The predicted octanol–water partition coefficient (Wildman–Crippen LogP) is 3.43. The first-order chi connectivity index (χ1) is 13.3. The summed E-state index contributed by atoms with van der Waals surface area (Å²) in [6.45, 7) is 5.81. The lowest BCUT2D eigenvalue weighted by molar-refractivity contribution is 0.118. The van der Waals surface area contributed by atoms with Gasteiger partial charge in [0.05, 0.1) is 0 Å². The smallest absolute Gasteiger partial charge is 0.0323 e. The van der Waals surface area contributed by atoms with Gasteiger partial charge >= 0.3 is 0 Å². The van der Waals surface area contributed by atoms with Crippen LogP contribution in [0.2, 0.25) is 0 Å². The SMILES string of the molecule is Cc1ccccc1C1CNNC1C1CCN(C2Cc3ccccc3C2)CC1. The van der Waals surface area contributed by atoms with Crippen molar-refractivity contribution >= 4 is 0 Å². The van der Waals surface area contributed by atoms with Crippen LogP contribution in [0.5, 0.6) is 0 Å². The number of fused-ring (bicyclic) bond motifs is 1. The van der Waals surface area contributed by atoms with Crippen molar-refractivity contribution in [1.82, 2.24) is 15.8 Å². The Morgan fingerprint density at radius 1 is 0.889 bits per heavy atom. The van der Waals surface area contributed by atoms with Gasteiger partial charge in [0.1, 0.15) is 0 Å². The van der Waals surface area contributed by atoms with E-state index >= 15 is 0 Å². The second kappa shape index (κ2) is 7.38. The molecule has 2 N–H and O–H groups in total. The van der Waals surface area contributed by atoms with Crippen molar-refractivity contribution in [2.24, 2.45) is 5.92 Å². The first kappa shape index (κ1) is 17.4. The number of nitrogens with one attached hydrogen (secondary N) is 2. The van der Waals surface area contributed by atoms with E-state index in [2.05, 4.69) is 71.2 Å². The summed E-state index contributed by atoms with van der Waals surface area (Å²) < 4.78 is 0. The van der Waals surface area contributed by atoms with Crippen LogP contribution in [0.1, 0.15) is 41.0 Å². The summed E-state index contributed by atoms with van der Waals surface area (Å²) in [5, 5.41) is 0. The number of aryl methyl sites for hydroxylation is 1. The second-order valence-electron chi connectivity index (χ2n) is 8.72. The average Bonchev–Trinajstić information content (AvgIpc) is 3.35. The molecule has 142 valence electrons. The highest BCUT2D eigenvalue weighted by Gasteiger charge is 2.38. The van der Waals surface area contributed by atoms with Gasteiger partial charge in [-0.1, -0.05) is 48.5 Å². The molecule has 1 aliphatic carbocycles. The van der Waals surface area contributed by atoms with Gasteiger partial charge in [-0.05, 0) is 73.9 Å². The van der Waals surface area contributed by atoms with Crippen LogP contribution in [-0.2, 0) is 12.8 Å². The Morgan fingerprint density at radius 2 is 1.56 bits per heavy atom. The fourth-order valence-corrected chi connectivity index (χ4v) is 5.70. The number of benzene rings is 2. The molecule has 2 aromatic rings. The van der Waals surface area contributed by atoms with Gasteiger partial charge < -0.3 is 0 Å². The molecule has 2 fully saturated rings. The molecule has 27 heavy (non-hydrogen) atoms. The van der Waals surface area contributed by atoms with Gasteiger partial charge in [0.15, 0.2) is 0 Å². The molecule has 3 heteroatoms. The minimum atomic E-state index is 0.564. The molecule has 0 amide bonds. The Labute approximate surface area is 163 Å². The maximum Gasteiger partial charge on any atom is 0.0323 e. The molecule has 2 aromatic carbocycles. The summed E-state index contributed by atoms with van der Waals surface area (Å²) in [7, 11) is 0. The highest BCUT2D eigenvalue weighted by Crippen LogP contribution is 2.35. The molecule has 2 unspecified atom stereocenters. The van der Waals surface area contributed by atoms with E-state index in [-0.39, 0.29) is 0 Å². The van der Waals surface area contributed by atoms with Crippen LogP contribution in [0.3, 0.4) is 0 Å². The van der Waals surface area contributed by atoms with Gasteiger partial charge in [-0.2, -0.15) is 0 Å². The monoisotopic (exact) mass is 361 g/mol. The van der Waals surface area contributed by atoms with Gasteiger partial charge in [-0.25, -0.2) is 0 Å². The van der Waals surface area contributed by atoms with Crippen molar-refractivity contribution in [3.63, 3.8) is 0 Å². The third-order valence-electron chi connectivity index (χ3n) is 7.24. The number of hydrazine groups is 1. The largest absolute Gasteiger partial charge is 0.300 e. The molecule has 2 heterocycles. The molecule has 0 radical (unpaired) electrons. The summed E-state index contributed by atoms with van der Waals surface area (Å²) in [6.07, 6.45) is 5.12. The van der Waals surface area contributed by atoms with E-state index in [4.69, 9.17) is 0 Å². The van der Waals surface area contributed by atoms with Gasteiger partial charge in [-0.3, -0.25) is 15.8 Å². The zero-order chi connectivity index (χ0) is 18.2. The normalized spacial score (nSPS) is 27.1. The summed E-state index contributed by atoms with van der Waals surface area (Å²) >= 11 is 0. The van der Waals surface area contributed by atoms with Crippen molar-refractivity contribution in [2.75, 3.05) is 19.6 Å². The van der Waals surface area contributed by atoms with Crippen LogP contribution >= 0.6 is 0 Å². The maximum absolute atomic E-state index is 3.63. The lowest BCUT2D eigenvalue weighted by Gasteiger charge is -2.39. The zero-order valence-electron chi connectivity index (χ0n) is 16.3. The van der Waals surface area contributed by atoms with Crippen molar-refractivity contribution in [3.8, 4) is 0 Å². The van der Waals surface area contributed by atoms with Gasteiger partial charge in [0.2, 0.25) is 0 Å². The summed E-state index contributed by atoms with van der Waals surface area (Å²) in [5.74, 6) is 1.36. The standard InChI is InChI=1S/C24H31N3/c1-17-6-2-5-9-22(17)23-16-25-26-24(23)18-10-12-27(13-11-18)21-14-19-7-3-4-8-20(19)15-21/h2-9,18,21,23-26H,10-16H2,1H3. The van der Waals surface area contributed by atoms with Gasteiger partial charge in [0, 0.05) is 24.5 Å². The Balaban J connectivity index is 1.23. The van der Waals surface area contributed by atoms with Crippen molar-refractivity contribution in [1.29, 1.82) is 0 Å². The zero-order valence-corrected chi connectivity index (χ0v) is 16.3. The van der Waals surface area contributed by atoms with Crippen molar-refractivity contribution in [3.05, 3.63) is 70.8 Å². The maximum atomic E-state index is 3.63. The van der Waals surface area contributed by atoms with Crippen LogP contribution in [0.15, 0.2) is 48.5 Å². The number of piperidine rings is 1. The van der Waals surface area contributed by atoms with Gasteiger partial charge in [-0.15, -0.1) is 0 Å². The van der Waals surface area contributed by atoms with E-state index in [1.54, 1.807) is 11.1 Å². The highest BCUT2D eigenvalue weighted by atomic mass is 15.4. The van der Waals surface area contributed by atoms with Crippen LogP contribution in [0, 0.1) is 12.8 Å². The molecule has 2 saturated heterocycles. The van der Waals surface area contributed by atoms with E-state index in [1.807, 2.05) is 0 Å². The third kappa shape index (κ3) is 3.33. The minimum Gasteiger partial charge on any atom is -0.300 e. The number of hydrogen-bond donors (Lipinski definition) is 2. The van der Waals surface area contributed by atoms with Crippen LogP contribution in [0.4, 0.5) is 0 Å². The fraction of sp³-hybridized carbons (Fsp3) is 0.500. The number of rotatable bonds is 3. The molecular weight excluding hydrogens is 330 g/mol. The van der Waals surface area contributed by atoms with E-state index in [0.29, 0.717) is 12.0 Å². The highest BCUT2D eigenvalue weighted by molar-refractivity contribution is 5.34. The summed E-state index contributed by atoms with van der Waals surface area (Å²) in [4.78, 5) is 2.77. The van der Waals surface area contributed by atoms with Gasteiger partial charge in [0.25, 0.3) is 0 Å². The van der Waals surface area contributed by atoms with E-state index in [9.17, 15) is 0 Å². The minimum absolute atomic E-state index is 0.564. The third-order valence-corrected chi connectivity index (χ3v) is 7.24. The Hall–Kier alpha value is -1.68. The van der Waals surface area contributed by atoms with Crippen molar-refractivity contribution in [2.45, 2.75) is 50.6 Å². The number of likely N-dealkylation sites (tertiary alicyclic amines) is 1. The Morgan fingerprint density at radius 3 is 2.26 bits per heavy atom. The van der Waals surface area contributed by atoms with E-state index in [0.717, 1.165) is 18.5 Å². The summed E-state index contributed by atoms with van der Waals surface area (Å²) in [6, 6.07) is 19.2. The topological polar surface area (TPSA) is 27.3 Å². The second-order valence-corrected chi connectivity index (χ2v) is 8.72. The predicted molar refractivity (Wildman–Crippen MR) is 111 cm³/mol. The fourth-order valence-electron chi connectivity index (χ4n) is 5.70. The first-order valence-electron chi connectivity index (χ1n) is 10.6. The van der Waals surface area contributed by atoms with Crippen molar-refractivity contribution < 1.29 is 0 Å². The molecule has 2 atom stereocenters. The lowest BCUT2D eigenvalue weighted by atomic mass is 9.79. The number of nitrogens with zero attached hydrogens (tertiary/aromatic N) is 1. The average molecular weight is 362 g/mol. The summed E-state index contributed by atoms with van der Waals surface area (Å²) in [5.41, 5.74) is 13.2. The molecule has 0 spiro atoms. The molecule has 3 nitrogen and oxygen atoms in total. The van der Waals surface area contributed by atoms with Crippen LogP contribution < -0.4 is 10.9 Å². The number of hydrogen-bond acceptors (Lipinski definition) is 3. The molecule has 5 rings (SSSR count). The van der Waals surface area contributed by atoms with E-state index < -0.39 is 0 Å². The van der Waals surface area contributed by atoms with Crippen LogP contribution in [-0.4, -0.2) is 36.6 Å².